The summed E-state index contributed by atoms with van der Waals surface area (Å²) in [5.41, 5.74) is 0.199. The number of carbonyl (C=O) groups excluding carboxylic acids is 2. The van der Waals surface area contributed by atoms with Crippen LogP contribution >= 0.6 is 0 Å². The zero-order valence-electron chi connectivity index (χ0n) is 11.9. The lowest BCUT2D eigenvalue weighted by molar-refractivity contribution is -0.122. The molecule has 6 heteroatoms. The molecule has 19 heavy (non-hydrogen) atoms. The molecule has 1 saturated carbocycles. The van der Waals surface area contributed by atoms with Gasteiger partial charge in [-0.25, -0.2) is 0 Å². The van der Waals surface area contributed by atoms with Crippen molar-refractivity contribution < 1.29 is 14.8 Å². The van der Waals surface area contributed by atoms with E-state index in [2.05, 4.69) is 5.16 Å². The molecule has 6 nitrogen and oxygen atoms in total. The van der Waals surface area contributed by atoms with Gasteiger partial charge in [-0.15, -0.1) is 0 Å². The molecule has 1 aliphatic rings. The van der Waals surface area contributed by atoms with Gasteiger partial charge in [-0.3, -0.25) is 9.59 Å². The Morgan fingerprint density at radius 3 is 2.58 bits per heavy atom. The van der Waals surface area contributed by atoms with Crippen molar-refractivity contribution in [2.75, 3.05) is 21.1 Å². The standard InChI is InChI=1S/C13H23N3O3/c1-15(2)13(18)12(14-19)8-10-5-4-6-11(7-10)16(3)9-17/h9-11,19H,4-8H2,1-3H3/b14-12+/t10-,11-/m1/s1. The molecule has 0 aromatic heterocycles. The fourth-order valence-corrected chi connectivity index (χ4v) is 2.61. The molecule has 0 spiro atoms. The quantitative estimate of drug-likeness (QED) is 0.349. The average Bonchev–Trinajstić information content (AvgIpc) is 2.43. The maximum absolute atomic E-state index is 11.8. The second-order valence-corrected chi connectivity index (χ2v) is 5.41. The molecular formula is C13H23N3O3. The Bertz CT molecular complexity index is 355. The minimum atomic E-state index is -0.256. The highest BCUT2D eigenvalue weighted by molar-refractivity contribution is 6.38. The normalized spacial score (nSPS) is 23.8. The number of nitrogens with zero attached hydrogens (tertiary/aromatic N) is 3. The van der Waals surface area contributed by atoms with E-state index in [1.54, 1.807) is 26.0 Å². The molecule has 2 atom stereocenters. The van der Waals surface area contributed by atoms with Crippen LogP contribution in [0, 0.1) is 5.92 Å². The van der Waals surface area contributed by atoms with E-state index in [0.717, 1.165) is 32.1 Å². The van der Waals surface area contributed by atoms with E-state index < -0.39 is 0 Å². The van der Waals surface area contributed by atoms with E-state index >= 15 is 0 Å². The molecule has 1 rings (SSSR count). The third-order valence-corrected chi connectivity index (χ3v) is 3.75. The zero-order valence-corrected chi connectivity index (χ0v) is 11.9. The number of hydrogen-bond acceptors (Lipinski definition) is 4. The van der Waals surface area contributed by atoms with E-state index in [9.17, 15) is 9.59 Å². The fourth-order valence-electron chi connectivity index (χ4n) is 2.61. The summed E-state index contributed by atoms with van der Waals surface area (Å²) in [6.07, 6.45) is 5.20. The van der Waals surface area contributed by atoms with Gasteiger partial charge < -0.3 is 15.0 Å². The molecule has 0 bridgehead atoms. The Hall–Kier alpha value is -1.59. The van der Waals surface area contributed by atoms with Gasteiger partial charge in [0, 0.05) is 33.6 Å². The number of rotatable bonds is 5. The second-order valence-electron chi connectivity index (χ2n) is 5.41. The SMILES string of the molecule is CN(C)C(=O)/C(C[C@@H]1CCC[C@@H](N(C)C=O)C1)=N/O. The summed E-state index contributed by atoms with van der Waals surface area (Å²) in [4.78, 5) is 25.7. The first-order valence-electron chi connectivity index (χ1n) is 6.59. The van der Waals surface area contributed by atoms with E-state index in [4.69, 9.17) is 5.21 Å². The summed E-state index contributed by atoms with van der Waals surface area (Å²) in [6, 6.07) is 0.227. The Labute approximate surface area is 114 Å². The van der Waals surface area contributed by atoms with Crippen LogP contribution in [0.5, 0.6) is 0 Å². The van der Waals surface area contributed by atoms with Crippen molar-refractivity contribution in [3.8, 4) is 0 Å². The van der Waals surface area contributed by atoms with Gasteiger partial charge >= 0.3 is 0 Å². The Balaban J connectivity index is 2.61. The smallest absolute Gasteiger partial charge is 0.271 e. The highest BCUT2D eigenvalue weighted by atomic mass is 16.4. The maximum Gasteiger partial charge on any atom is 0.271 e. The van der Waals surface area contributed by atoms with E-state index in [0.29, 0.717) is 6.42 Å². The van der Waals surface area contributed by atoms with Crippen molar-refractivity contribution in [1.82, 2.24) is 9.80 Å². The fraction of sp³-hybridized carbons (Fsp3) is 0.769. The molecule has 0 heterocycles. The van der Waals surface area contributed by atoms with Crippen molar-refractivity contribution in [3.05, 3.63) is 0 Å². The van der Waals surface area contributed by atoms with Crippen LogP contribution in [0.1, 0.15) is 32.1 Å². The lowest BCUT2D eigenvalue weighted by atomic mass is 9.82. The monoisotopic (exact) mass is 269 g/mol. The van der Waals surface area contributed by atoms with Crippen LogP contribution in [0.25, 0.3) is 0 Å². The molecule has 1 N–H and O–H groups in total. The van der Waals surface area contributed by atoms with Crippen LogP contribution in [0.3, 0.4) is 0 Å². The van der Waals surface area contributed by atoms with Crippen LogP contribution in [0.15, 0.2) is 5.16 Å². The molecular weight excluding hydrogens is 246 g/mol. The molecule has 1 aliphatic carbocycles. The van der Waals surface area contributed by atoms with Crippen LogP contribution in [-0.4, -0.2) is 60.2 Å². The second kappa shape index (κ2) is 7.11. The van der Waals surface area contributed by atoms with Crippen LogP contribution < -0.4 is 0 Å². The van der Waals surface area contributed by atoms with Gasteiger partial charge in [-0.05, 0) is 25.2 Å². The van der Waals surface area contributed by atoms with Crippen molar-refractivity contribution in [2.45, 2.75) is 38.1 Å². The number of hydrogen-bond donors (Lipinski definition) is 1. The van der Waals surface area contributed by atoms with Gasteiger partial charge in [0.2, 0.25) is 6.41 Å². The summed E-state index contributed by atoms with van der Waals surface area (Å²) in [5.74, 6) is 0.0318. The Morgan fingerprint density at radius 2 is 2.05 bits per heavy atom. The molecule has 108 valence electrons. The zero-order chi connectivity index (χ0) is 14.4. The molecule has 0 aromatic carbocycles. The predicted molar refractivity (Wildman–Crippen MR) is 72.1 cm³/mol. The van der Waals surface area contributed by atoms with Gasteiger partial charge in [0.1, 0.15) is 5.71 Å². The lowest BCUT2D eigenvalue weighted by Gasteiger charge is -2.33. The van der Waals surface area contributed by atoms with Crippen LogP contribution in [0.2, 0.25) is 0 Å². The lowest BCUT2D eigenvalue weighted by Crippen LogP contribution is -2.37. The molecule has 1 fully saturated rings. The summed E-state index contributed by atoms with van der Waals surface area (Å²) in [7, 11) is 5.06. The largest absolute Gasteiger partial charge is 0.410 e. The Kier molecular flexibility index (Phi) is 5.79. The number of carbonyl (C=O) groups is 2. The first-order chi connectivity index (χ1) is 8.99. The van der Waals surface area contributed by atoms with Gasteiger partial charge in [-0.2, -0.15) is 0 Å². The van der Waals surface area contributed by atoms with E-state index in [1.165, 1.54) is 4.90 Å². The van der Waals surface area contributed by atoms with Gasteiger partial charge in [0.05, 0.1) is 0 Å². The first kappa shape index (κ1) is 15.5. The van der Waals surface area contributed by atoms with E-state index in [1.807, 2.05) is 0 Å². The summed E-state index contributed by atoms with van der Waals surface area (Å²) < 4.78 is 0. The Morgan fingerprint density at radius 1 is 1.37 bits per heavy atom. The van der Waals surface area contributed by atoms with Gasteiger partial charge in [0.25, 0.3) is 5.91 Å². The molecule has 2 amide bonds. The average molecular weight is 269 g/mol. The van der Waals surface area contributed by atoms with E-state index in [-0.39, 0.29) is 23.6 Å². The minimum Gasteiger partial charge on any atom is -0.410 e. The van der Waals surface area contributed by atoms with Crippen molar-refractivity contribution in [1.29, 1.82) is 0 Å². The van der Waals surface area contributed by atoms with Crippen LogP contribution in [-0.2, 0) is 9.59 Å². The molecule has 0 aliphatic heterocycles. The molecule has 0 unspecified atom stereocenters. The molecule has 0 saturated heterocycles. The predicted octanol–water partition coefficient (Wildman–Crippen LogP) is 0.942. The highest BCUT2D eigenvalue weighted by Gasteiger charge is 2.27. The number of amides is 2. The van der Waals surface area contributed by atoms with Gasteiger partial charge in [0.15, 0.2) is 0 Å². The van der Waals surface area contributed by atoms with Crippen molar-refractivity contribution in [2.24, 2.45) is 11.1 Å². The van der Waals surface area contributed by atoms with Crippen LogP contribution in [0.4, 0.5) is 0 Å². The third-order valence-electron chi connectivity index (χ3n) is 3.75. The minimum absolute atomic E-state index is 0.199. The summed E-state index contributed by atoms with van der Waals surface area (Å²) >= 11 is 0. The van der Waals surface area contributed by atoms with Crippen molar-refractivity contribution in [3.63, 3.8) is 0 Å². The molecule has 0 radical (unpaired) electrons. The van der Waals surface area contributed by atoms with Crippen molar-refractivity contribution >= 4 is 18.0 Å². The topological polar surface area (TPSA) is 73.2 Å². The summed E-state index contributed by atoms with van der Waals surface area (Å²) in [5, 5.41) is 12.1. The maximum atomic E-state index is 11.8. The number of oxime groups is 1. The van der Waals surface area contributed by atoms with Gasteiger partial charge in [-0.1, -0.05) is 11.6 Å². The first-order valence-corrected chi connectivity index (χ1v) is 6.59. The molecule has 0 aromatic rings. The third kappa shape index (κ3) is 4.22. The highest BCUT2D eigenvalue weighted by Crippen LogP contribution is 2.29. The summed E-state index contributed by atoms with van der Waals surface area (Å²) in [6.45, 7) is 0.